The van der Waals surface area contributed by atoms with Gasteiger partial charge in [-0.3, -0.25) is 10.1 Å². The lowest BCUT2D eigenvalue weighted by molar-refractivity contribution is -0.384. The molecule has 0 aliphatic heterocycles. The van der Waals surface area contributed by atoms with E-state index in [1.807, 2.05) is 6.92 Å². The topological polar surface area (TPSA) is 130 Å². The molecule has 3 rings (SSSR count). The molecule has 124 valence electrons. The van der Waals surface area contributed by atoms with E-state index >= 15 is 0 Å². The molecule has 0 bridgehead atoms. The second kappa shape index (κ2) is 6.44. The molecule has 10 nitrogen and oxygen atoms in total. The smallest absolute Gasteiger partial charge is 0.282 e. The number of rotatable bonds is 6. The quantitative estimate of drug-likeness (QED) is 0.493. The highest BCUT2D eigenvalue weighted by Crippen LogP contribution is 2.32. The third-order valence-electron chi connectivity index (χ3n) is 3.06. The normalized spacial score (nSPS) is 10.8. The molecule has 0 amide bonds. The molecular weight excluding hydrogens is 318 g/mol. The van der Waals surface area contributed by atoms with Crippen molar-refractivity contribution in [2.24, 2.45) is 0 Å². The van der Waals surface area contributed by atoms with Crippen molar-refractivity contribution < 1.29 is 18.7 Å². The van der Waals surface area contributed by atoms with Gasteiger partial charge in [0.15, 0.2) is 11.6 Å². The number of aryl methyl sites for hydroxylation is 1. The van der Waals surface area contributed by atoms with Crippen LogP contribution < -0.4 is 4.74 Å². The lowest BCUT2D eigenvalue weighted by Gasteiger charge is -2.04. The summed E-state index contributed by atoms with van der Waals surface area (Å²) in [4.78, 5) is 18.9. The summed E-state index contributed by atoms with van der Waals surface area (Å²) in [6.45, 7) is 3.92. The van der Waals surface area contributed by atoms with Crippen molar-refractivity contribution in [3.63, 3.8) is 0 Å². The highest BCUT2D eigenvalue weighted by atomic mass is 16.6. The van der Waals surface area contributed by atoms with Crippen LogP contribution in [0.1, 0.15) is 24.5 Å². The predicted octanol–water partition coefficient (Wildman–Crippen LogP) is 2.33. The number of aromatic nitrogens is 4. The molecule has 0 aliphatic rings. The first-order chi connectivity index (χ1) is 11.6. The first kappa shape index (κ1) is 15.6. The maximum atomic E-state index is 11.2. The van der Waals surface area contributed by atoms with Gasteiger partial charge in [-0.15, -0.1) is 0 Å². The average Bonchev–Trinajstić information content (AvgIpc) is 3.17. The molecular formula is C14H13N5O5. The lowest BCUT2D eigenvalue weighted by Crippen LogP contribution is -1.96. The van der Waals surface area contributed by atoms with E-state index in [4.69, 9.17) is 13.8 Å². The monoisotopic (exact) mass is 331 g/mol. The van der Waals surface area contributed by atoms with Gasteiger partial charge in [0.2, 0.25) is 5.89 Å². The molecule has 0 atom stereocenters. The molecule has 0 spiro atoms. The predicted molar refractivity (Wildman–Crippen MR) is 79.4 cm³/mol. The van der Waals surface area contributed by atoms with Gasteiger partial charge in [-0.05, 0) is 19.1 Å². The Bertz CT molecular complexity index is 872. The van der Waals surface area contributed by atoms with Crippen molar-refractivity contribution >= 4 is 5.69 Å². The number of ether oxygens (including phenoxy) is 1. The van der Waals surface area contributed by atoms with E-state index in [-0.39, 0.29) is 23.6 Å². The minimum absolute atomic E-state index is 0.0264. The van der Waals surface area contributed by atoms with Gasteiger partial charge in [-0.25, -0.2) is 0 Å². The number of nitro groups is 1. The molecule has 1 aromatic carbocycles. The fourth-order valence-electron chi connectivity index (χ4n) is 2.09. The van der Waals surface area contributed by atoms with Crippen LogP contribution in [0.15, 0.2) is 27.2 Å². The summed E-state index contributed by atoms with van der Waals surface area (Å²) in [7, 11) is 0. The summed E-state index contributed by atoms with van der Waals surface area (Å²) in [5.74, 6) is 1.62. The summed E-state index contributed by atoms with van der Waals surface area (Å²) in [5.41, 5.74) is 0.0399. The van der Waals surface area contributed by atoms with E-state index < -0.39 is 4.92 Å². The van der Waals surface area contributed by atoms with Crippen LogP contribution in [-0.2, 0) is 6.42 Å². The minimum atomic E-state index is -0.516. The number of nitro benzene ring substituents is 1. The molecule has 0 saturated heterocycles. The molecule has 10 heteroatoms. The molecule has 0 N–H and O–H groups in total. The summed E-state index contributed by atoms with van der Waals surface area (Å²) in [6, 6.07) is 4.36. The molecule has 3 aromatic rings. The second-order valence-electron chi connectivity index (χ2n) is 4.79. The molecule has 0 aliphatic carbocycles. The Morgan fingerprint density at radius 3 is 2.62 bits per heavy atom. The van der Waals surface area contributed by atoms with Gasteiger partial charge in [0, 0.05) is 13.0 Å². The van der Waals surface area contributed by atoms with Crippen molar-refractivity contribution in [3.05, 3.63) is 45.9 Å². The van der Waals surface area contributed by atoms with E-state index in [9.17, 15) is 10.1 Å². The molecule has 0 fully saturated rings. The van der Waals surface area contributed by atoms with E-state index in [0.29, 0.717) is 29.9 Å². The number of hydrogen-bond donors (Lipinski definition) is 0. The van der Waals surface area contributed by atoms with Crippen molar-refractivity contribution in [1.29, 1.82) is 0 Å². The summed E-state index contributed by atoms with van der Waals surface area (Å²) >= 11 is 0. The first-order valence-electron chi connectivity index (χ1n) is 7.10. The third-order valence-corrected chi connectivity index (χ3v) is 3.06. The molecule has 24 heavy (non-hydrogen) atoms. The molecule has 2 heterocycles. The highest BCUT2D eigenvalue weighted by molar-refractivity contribution is 5.68. The maximum absolute atomic E-state index is 11.2. The van der Waals surface area contributed by atoms with Crippen molar-refractivity contribution in [2.45, 2.75) is 20.3 Å². The highest BCUT2D eigenvalue weighted by Gasteiger charge is 2.22. The Kier molecular flexibility index (Phi) is 4.18. The Morgan fingerprint density at radius 2 is 1.96 bits per heavy atom. The van der Waals surface area contributed by atoms with Gasteiger partial charge >= 0.3 is 0 Å². The summed E-state index contributed by atoms with van der Waals surface area (Å²) < 4.78 is 15.4. The van der Waals surface area contributed by atoms with Gasteiger partial charge in [0.1, 0.15) is 11.3 Å². The van der Waals surface area contributed by atoms with Crippen LogP contribution in [-0.4, -0.2) is 31.8 Å². The van der Waals surface area contributed by atoms with Crippen LogP contribution in [0.25, 0.3) is 11.5 Å². The summed E-state index contributed by atoms with van der Waals surface area (Å²) in [6.07, 6.45) is 0.194. The van der Waals surface area contributed by atoms with Crippen molar-refractivity contribution in [1.82, 2.24) is 20.3 Å². The van der Waals surface area contributed by atoms with Crippen molar-refractivity contribution in [3.8, 4) is 17.2 Å². The summed E-state index contributed by atoms with van der Waals surface area (Å²) in [5, 5.41) is 18.8. The minimum Gasteiger partial charge on any atom is -0.494 e. The molecule has 0 saturated carbocycles. The van der Waals surface area contributed by atoms with E-state index in [1.54, 1.807) is 6.92 Å². The largest absolute Gasteiger partial charge is 0.494 e. The zero-order chi connectivity index (χ0) is 17.1. The van der Waals surface area contributed by atoms with Gasteiger partial charge in [-0.2, -0.15) is 9.97 Å². The van der Waals surface area contributed by atoms with Crippen molar-refractivity contribution in [2.75, 3.05) is 6.61 Å². The number of benzene rings is 1. The van der Waals surface area contributed by atoms with Crippen LogP contribution in [0.2, 0.25) is 0 Å². The van der Waals surface area contributed by atoms with Crippen LogP contribution >= 0.6 is 0 Å². The lowest BCUT2D eigenvalue weighted by atomic mass is 10.1. The maximum Gasteiger partial charge on any atom is 0.282 e. The Hall–Kier alpha value is -3.30. The molecule has 2 aromatic heterocycles. The Morgan fingerprint density at radius 1 is 1.21 bits per heavy atom. The van der Waals surface area contributed by atoms with E-state index in [0.717, 1.165) is 0 Å². The standard InChI is InChI=1S/C14H13N5O5/c1-3-22-9-4-5-11(19(20)21)10(6-9)14-16-13(18-24-14)7-12-15-8(2)23-17-12/h4-6H,3,7H2,1-2H3. The number of hydrogen-bond acceptors (Lipinski definition) is 9. The fourth-order valence-corrected chi connectivity index (χ4v) is 2.09. The van der Waals surface area contributed by atoms with Gasteiger partial charge < -0.3 is 13.8 Å². The van der Waals surface area contributed by atoms with E-state index in [2.05, 4.69) is 20.3 Å². The fraction of sp³-hybridized carbons (Fsp3) is 0.286. The zero-order valence-corrected chi connectivity index (χ0v) is 12.9. The third kappa shape index (κ3) is 3.21. The van der Waals surface area contributed by atoms with E-state index in [1.165, 1.54) is 18.2 Å². The van der Waals surface area contributed by atoms with Gasteiger partial charge in [0.05, 0.1) is 18.0 Å². The van der Waals surface area contributed by atoms with Crippen LogP contribution in [0.3, 0.4) is 0 Å². The number of nitrogens with zero attached hydrogens (tertiary/aromatic N) is 5. The average molecular weight is 331 g/mol. The Balaban J connectivity index is 1.93. The van der Waals surface area contributed by atoms with Crippen LogP contribution in [0.4, 0.5) is 5.69 Å². The van der Waals surface area contributed by atoms with Gasteiger partial charge in [0.25, 0.3) is 11.6 Å². The van der Waals surface area contributed by atoms with Gasteiger partial charge in [-0.1, -0.05) is 10.3 Å². The Labute approximate surface area is 135 Å². The molecule has 0 unspecified atom stereocenters. The first-order valence-corrected chi connectivity index (χ1v) is 7.10. The SMILES string of the molecule is CCOc1ccc([N+](=O)[O-])c(-c2nc(Cc3noc(C)n3)no2)c1. The van der Waals surface area contributed by atoms with Crippen LogP contribution in [0, 0.1) is 17.0 Å². The second-order valence-corrected chi connectivity index (χ2v) is 4.79. The molecule has 0 radical (unpaired) electrons. The van der Waals surface area contributed by atoms with Crippen LogP contribution in [0.5, 0.6) is 5.75 Å². The zero-order valence-electron chi connectivity index (χ0n) is 12.9.